The first-order chi connectivity index (χ1) is 12.9. The molecule has 27 heavy (non-hydrogen) atoms. The predicted molar refractivity (Wildman–Crippen MR) is 107 cm³/mol. The Morgan fingerprint density at radius 2 is 1.74 bits per heavy atom. The van der Waals surface area contributed by atoms with Crippen molar-refractivity contribution in [1.82, 2.24) is 5.32 Å². The number of hydrogen-bond acceptors (Lipinski definition) is 4. The zero-order valence-corrected chi connectivity index (χ0v) is 16.7. The van der Waals surface area contributed by atoms with Crippen LogP contribution in [0.4, 0.5) is 0 Å². The highest BCUT2D eigenvalue weighted by Crippen LogP contribution is 2.21. The van der Waals surface area contributed by atoms with Crippen molar-refractivity contribution in [2.45, 2.75) is 46.3 Å². The van der Waals surface area contributed by atoms with Crippen molar-refractivity contribution in [3.8, 4) is 17.2 Å². The first-order valence-electron chi connectivity index (χ1n) is 9.24. The maximum atomic E-state index is 12.6. The normalized spacial score (nSPS) is 12.8. The summed E-state index contributed by atoms with van der Waals surface area (Å²) in [6.07, 6.45) is 0.0559. The Morgan fingerprint density at radius 3 is 2.33 bits per heavy atom. The lowest BCUT2D eigenvalue weighted by molar-refractivity contribution is -0.129. The summed E-state index contributed by atoms with van der Waals surface area (Å²) in [5.41, 5.74) is 2.19. The molecule has 5 nitrogen and oxygen atoms in total. The smallest absolute Gasteiger partial charge is 0.261 e. The van der Waals surface area contributed by atoms with Crippen LogP contribution in [0.25, 0.3) is 0 Å². The van der Waals surface area contributed by atoms with Gasteiger partial charge in [-0.3, -0.25) is 4.79 Å². The maximum Gasteiger partial charge on any atom is 0.261 e. The van der Waals surface area contributed by atoms with Gasteiger partial charge in [0.2, 0.25) is 0 Å². The molecule has 2 aromatic rings. The van der Waals surface area contributed by atoms with E-state index >= 15 is 0 Å². The number of methoxy groups -OCH3 is 1. The van der Waals surface area contributed by atoms with Crippen LogP contribution in [0.1, 0.15) is 31.4 Å². The summed E-state index contributed by atoms with van der Waals surface area (Å²) in [7, 11) is 1.62. The van der Waals surface area contributed by atoms with E-state index in [9.17, 15) is 4.79 Å². The second-order valence-corrected chi connectivity index (χ2v) is 6.68. The molecule has 2 atom stereocenters. The molecule has 5 heteroatoms. The lowest BCUT2D eigenvalue weighted by atomic mass is 10.1. The number of hydrogen-bond donors (Lipinski definition) is 1. The highest BCUT2D eigenvalue weighted by atomic mass is 16.5. The molecule has 146 valence electrons. The zero-order valence-electron chi connectivity index (χ0n) is 16.7. The molecule has 0 aliphatic rings. The molecule has 0 spiro atoms. The first-order valence-corrected chi connectivity index (χ1v) is 9.24. The molecule has 0 fully saturated rings. The van der Waals surface area contributed by atoms with Crippen molar-refractivity contribution in [1.29, 1.82) is 0 Å². The number of nitrogens with one attached hydrogen (secondary N) is 1. The molecule has 1 N–H and O–H groups in total. The van der Waals surface area contributed by atoms with Gasteiger partial charge in [-0.25, -0.2) is 0 Å². The molecule has 0 aliphatic carbocycles. The number of rotatable bonds is 9. The largest absolute Gasteiger partial charge is 0.497 e. The number of ether oxygens (including phenoxy) is 3. The molecule has 2 unspecified atom stereocenters. The molecular weight excluding hydrogens is 342 g/mol. The van der Waals surface area contributed by atoms with Gasteiger partial charge in [-0.15, -0.1) is 0 Å². The van der Waals surface area contributed by atoms with Gasteiger partial charge >= 0.3 is 0 Å². The van der Waals surface area contributed by atoms with E-state index in [2.05, 4.69) is 5.32 Å². The van der Waals surface area contributed by atoms with Gasteiger partial charge in [0.25, 0.3) is 5.91 Å². The van der Waals surface area contributed by atoms with E-state index in [1.807, 2.05) is 70.2 Å². The molecule has 0 aromatic heterocycles. The highest BCUT2D eigenvalue weighted by Gasteiger charge is 2.21. The third-order valence-electron chi connectivity index (χ3n) is 4.21. The van der Waals surface area contributed by atoms with Gasteiger partial charge in [0, 0.05) is 0 Å². The summed E-state index contributed by atoms with van der Waals surface area (Å²) in [6, 6.07) is 13.2. The number of carbonyl (C=O) groups is 1. The lowest BCUT2D eigenvalue weighted by Gasteiger charge is -2.21. The van der Waals surface area contributed by atoms with Gasteiger partial charge in [0.1, 0.15) is 23.9 Å². The predicted octanol–water partition coefficient (Wildman–Crippen LogP) is 4.05. The average molecular weight is 371 g/mol. The van der Waals surface area contributed by atoms with Crippen LogP contribution in [-0.2, 0) is 4.79 Å². The van der Waals surface area contributed by atoms with Gasteiger partial charge < -0.3 is 19.5 Å². The topological polar surface area (TPSA) is 56.8 Å². The van der Waals surface area contributed by atoms with Crippen molar-refractivity contribution >= 4 is 5.91 Å². The van der Waals surface area contributed by atoms with E-state index in [0.29, 0.717) is 13.0 Å². The summed E-state index contributed by atoms with van der Waals surface area (Å²) in [6.45, 7) is 8.24. The fourth-order valence-electron chi connectivity index (χ4n) is 2.68. The Kier molecular flexibility index (Phi) is 7.53. The minimum absolute atomic E-state index is 0.136. The molecule has 0 aliphatic heterocycles. The number of benzene rings is 2. The Bertz CT molecular complexity index is 742. The second-order valence-electron chi connectivity index (χ2n) is 6.68. The van der Waals surface area contributed by atoms with Crippen LogP contribution in [-0.4, -0.2) is 31.8 Å². The van der Waals surface area contributed by atoms with Gasteiger partial charge in [-0.05, 0) is 63.1 Å². The first kappa shape index (κ1) is 20.6. The van der Waals surface area contributed by atoms with Crippen LogP contribution in [0.15, 0.2) is 42.5 Å². The van der Waals surface area contributed by atoms with E-state index < -0.39 is 6.10 Å². The molecule has 1 amide bonds. The van der Waals surface area contributed by atoms with Crippen LogP contribution < -0.4 is 19.5 Å². The van der Waals surface area contributed by atoms with Crippen LogP contribution in [0.2, 0.25) is 0 Å². The number of carbonyl (C=O) groups excluding carboxylic acids is 1. The molecule has 0 saturated heterocycles. The Balaban J connectivity index is 1.86. The molecule has 0 radical (unpaired) electrons. The average Bonchev–Trinajstić information content (AvgIpc) is 2.66. The number of amides is 1. The van der Waals surface area contributed by atoms with E-state index in [1.54, 1.807) is 7.11 Å². The van der Waals surface area contributed by atoms with Gasteiger partial charge in [0.05, 0.1) is 13.2 Å². The van der Waals surface area contributed by atoms with Crippen molar-refractivity contribution in [2.24, 2.45) is 0 Å². The Labute approximate surface area is 161 Å². The standard InChI is InChI=1S/C22H29NO4/c1-6-20(27-21-12-7-15(2)13-16(21)3)22(24)23-17(4)14-26-19-10-8-18(25-5)9-11-19/h7-13,17,20H,6,14H2,1-5H3,(H,23,24). The van der Waals surface area contributed by atoms with Crippen molar-refractivity contribution < 1.29 is 19.0 Å². The Hall–Kier alpha value is -2.69. The minimum Gasteiger partial charge on any atom is -0.497 e. The minimum atomic E-state index is -0.533. The maximum absolute atomic E-state index is 12.6. The van der Waals surface area contributed by atoms with E-state index in [4.69, 9.17) is 14.2 Å². The molecule has 0 heterocycles. The van der Waals surface area contributed by atoms with Crippen LogP contribution >= 0.6 is 0 Å². The van der Waals surface area contributed by atoms with Crippen LogP contribution in [0.5, 0.6) is 17.2 Å². The molecular formula is C22H29NO4. The van der Waals surface area contributed by atoms with Gasteiger partial charge in [-0.2, -0.15) is 0 Å². The van der Waals surface area contributed by atoms with E-state index in [1.165, 1.54) is 5.56 Å². The summed E-state index contributed by atoms with van der Waals surface area (Å²) in [4.78, 5) is 12.6. The van der Waals surface area contributed by atoms with Crippen molar-refractivity contribution in [3.05, 3.63) is 53.6 Å². The molecule has 0 saturated carbocycles. The quantitative estimate of drug-likeness (QED) is 0.722. The van der Waals surface area contributed by atoms with Gasteiger partial charge in [-0.1, -0.05) is 24.6 Å². The SMILES string of the molecule is CCC(Oc1ccc(C)cc1C)C(=O)NC(C)COc1ccc(OC)cc1. The van der Waals surface area contributed by atoms with E-state index in [-0.39, 0.29) is 11.9 Å². The monoisotopic (exact) mass is 371 g/mol. The van der Waals surface area contributed by atoms with Crippen LogP contribution in [0.3, 0.4) is 0 Å². The third kappa shape index (κ3) is 6.20. The summed E-state index contributed by atoms with van der Waals surface area (Å²) < 4.78 is 16.8. The number of aryl methyl sites for hydroxylation is 2. The second kappa shape index (κ2) is 9.86. The fraction of sp³-hybridized carbons (Fsp3) is 0.409. The van der Waals surface area contributed by atoms with Crippen molar-refractivity contribution in [2.75, 3.05) is 13.7 Å². The molecule has 2 rings (SSSR count). The molecule has 0 bridgehead atoms. The molecule has 2 aromatic carbocycles. The Morgan fingerprint density at radius 1 is 1.07 bits per heavy atom. The summed E-state index contributed by atoms with van der Waals surface area (Å²) >= 11 is 0. The van der Waals surface area contributed by atoms with Crippen LogP contribution in [0, 0.1) is 13.8 Å². The third-order valence-corrected chi connectivity index (χ3v) is 4.21. The van der Waals surface area contributed by atoms with E-state index in [0.717, 1.165) is 22.8 Å². The van der Waals surface area contributed by atoms with Crippen molar-refractivity contribution in [3.63, 3.8) is 0 Å². The fourth-order valence-corrected chi connectivity index (χ4v) is 2.68. The lowest BCUT2D eigenvalue weighted by Crippen LogP contribution is -2.44. The summed E-state index contributed by atoms with van der Waals surface area (Å²) in [5, 5.41) is 2.96. The summed E-state index contributed by atoms with van der Waals surface area (Å²) in [5.74, 6) is 2.11. The van der Waals surface area contributed by atoms with Gasteiger partial charge in [0.15, 0.2) is 6.10 Å². The highest BCUT2D eigenvalue weighted by molar-refractivity contribution is 5.81. The zero-order chi connectivity index (χ0) is 19.8.